The van der Waals surface area contributed by atoms with Gasteiger partial charge in [0.05, 0.1) is 0 Å². The van der Waals surface area contributed by atoms with Crippen LogP contribution in [0.4, 0.5) is 10.9 Å². The Hall–Kier alpha value is -1.15. The second-order valence-corrected chi connectivity index (χ2v) is 8.20. The van der Waals surface area contributed by atoms with Crippen LogP contribution in [0.1, 0.15) is 37.4 Å². The van der Waals surface area contributed by atoms with E-state index in [9.17, 15) is 9.00 Å². The molecule has 8 heteroatoms. The lowest BCUT2D eigenvalue weighted by Crippen LogP contribution is -2.36. The largest absolute Gasteiger partial charge is 0.382 e. The zero-order valence-electron chi connectivity index (χ0n) is 12.4. The van der Waals surface area contributed by atoms with Crippen LogP contribution in [0.3, 0.4) is 0 Å². The van der Waals surface area contributed by atoms with Crippen LogP contribution in [0.2, 0.25) is 0 Å². The number of hydrogen-bond acceptors (Lipinski definition) is 6. The highest BCUT2D eigenvalue weighted by atomic mass is 32.2. The number of thiazole rings is 1. The molecule has 0 aliphatic carbocycles. The van der Waals surface area contributed by atoms with Crippen LogP contribution in [-0.2, 0) is 10.8 Å². The van der Waals surface area contributed by atoms with E-state index in [0.717, 1.165) is 0 Å². The van der Waals surface area contributed by atoms with Gasteiger partial charge in [-0.25, -0.2) is 4.98 Å². The lowest BCUT2D eigenvalue weighted by atomic mass is 10.1. The highest BCUT2D eigenvalue weighted by Crippen LogP contribution is 2.27. The van der Waals surface area contributed by atoms with Crippen molar-refractivity contribution in [2.45, 2.75) is 39.3 Å². The molecule has 1 aromatic heterocycles. The predicted octanol–water partition coefficient (Wildman–Crippen LogP) is 1.43. The molecule has 1 heterocycles. The van der Waals surface area contributed by atoms with E-state index in [4.69, 9.17) is 5.73 Å². The van der Waals surface area contributed by atoms with Crippen molar-refractivity contribution in [3.05, 3.63) is 4.88 Å². The summed E-state index contributed by atoms with van der Waals surface area (Å²) in [6, 6.07) is -0.172. The van der Waals surface area contributed by atoms with Crippen molar-refractivity contribution >= 4 is 39.0 Å². The van der Waals surface area contributed by atoms with Crippen molar-refractivity contribution in [2.24, 2.45) is 0 Å². The van der Waals surface area contributed by atoms with Gasteiger partial charge in [-0.1, -0.05) is 11.3 Å². The molecule has 1 amide bonds. The lowest BCUT2D eigenvalue weighted by Gasteiger charge is -2.19. The molecule has 0 aromatic carbocycles. The zero-order chi connectivity index (χ0) is 15.5. The average Bonchev–Trinajstić information content (AvgIpc) is 2.54. The van der Waals surface area contributed by atoms with Gasteiger partial charge in [0.1, 0.15) is 10.7 Å². The standard InChI is InChI=1S/C12H22N4O2S2/c1-7(6-20(5)18)14-10(17)8-9(13)15-11(19-8)16-12(2,3)4/h7H,6,13H2,1-5H3,(H,14,17)(H,15,16). The molecule has 0 spiro atoms. The summed E-state index contributed by atoms with van der Waals surface area (Å²) in [5, 5.41) is 6.57. The van der Waals surface area contributed by atoms with Gasteiger partial charge in [0.25, 0.3) is 5.91 Å². The zero-order valence-corrected chi connectivity index (χ0v) is 14.1. The third-order valence-corrected chi connectivity index (χ3v) is 4.16. The molecule has 20 heavy (non-hydrogen) atoms. The number of carbonyl (C=O) groups is 1. The number of nitrogen functional groups attached to an aromatic ring is 1. The van der Waals surface area contributed by atoms with Gasteiger partial charge >= 0.3 is 0 Å². The van der Waals surface area contributed by atoms with Crippen molar-refractivity contribution in [1.82, 2.24) is 10.3 Å². The topological polar surface area (TPSA) is 97.1 Å². The third-order valence-electron chi connectivity index (χ3n) is 2.20. The Balaban J connectivity index is 2.76. The number of nitrogens with zero attached hydrogens (tertiary/aromatic N) is 1. The number of hydrogen-bond donors (Lipinski definition) is 3. The van der Waals surface area contributed by atoms with Crippen molar-refractivity contribution in [1.29, 1.82) is 0 Å². The molecule has 0 aliphatic heterocycles. The summed E-state index contributed by atoms with van der Waals surface area (Å²) >= 11 is 1.22. The Morgan fingerprint density at radius 2 is 2.10 bits per heavy atom. The SMILES string of the molecule is CC(CS(C)=O)NC(=O)c1sc(NC(C)(C)C)nc1N. The number of rotatable bonds is 5. The van der Waals surface area contributed by atoms with Crippen LogP contribution in [0.25, 0.3) is 0 Å². The summed E-state index contributed by atoms with van der Waals surface area (Å²) in [6.45, 7) is 7.82. The van der Waals surface area contributed by atoms with Gasteiger partial charge in [-0.15, -0.1) is 0 Å². The molecule has 0 saturated carbocycles. The summed E-state index contributed by atoms with van der Waals surface area (Å²) in [5.41, 5.74) is 5.63. The van der Waals surface area contributed by atoms with Crippen LogP contribution >= 0.6 is 11.3 Å². The first-order valence-corrected chi connectivity index (χ1v) is 8.78. The summed E-state index contributed by atoms with van der Waals surface area (Å²) in [7, 11) is -0.953. The summed E-state index contributed by atoms with van der Waals surface area (Å²) in [4.78, 5) is 16.6. The van der Waals surface area contributed by atoms with E-state index in [0.29, 0.717) is 15.8 Å². The molecule has 114 valence electrons. The third kappa shape index (κ3) is 5.46. The molecular formula is C12H22N4O2S2. The summed E-state index contributed by atoms with van der Waals surface area (Å²) in [5.74, 6) is 0.348. The number of nitrogens with two attached hydrogens (primary N) is 1. The molecule has 2 atom stereocenters. The molecular weight excluding hydrogens is 296 g/mol. The fourth-order valence-electron chi connectivity index (χ4n) is 1.55. The van der Waals surface area contributed by atoms with Crippen LogP contribution in [0.5, 0.6) is 0 Å². The lowest BCUT2D eigenvalue weighted by molar-refractivity contribution is 0.0948. The van der Waals surface area contributed by atoms with Gasteiger partial charge in [-0.05, 0) is 27.7 Å². The number of amides is 1. The maximum absolute atomic E-state index is 12.1. The smallest absolute Gasteiger partial charge is 0.265 e. The van der Waals surface area contributed by atoms with Gasteiger partial charge < -0.3 is 16.4 Å². The molecule has 0 bridgehead atoms. The predicted molar refractivity (Wildman–Crippen MR) is 85.8 cm³/mol. The molecule has 0 saturated heterocycles. The number of nitrogens with one attached hydrogen (secondary N) is 2. The summed E-state index contributed by atoms with van der Waals surface area (Å²) < 4.78 is 11.1. The van der Waals surface area contributed by atoms with Crippen molar-refractivity contribution in [3.63, 3.8) is 0 Å². The van der Waals surface area contributed by atoms with Gasteiger partial charge in [-0.2, -0.15) is 0 Å². The highest BCUT2D eigenvalue weighted by molar-refractivity contribution is 7.84. The maximum atomic E-state index is 12.1. The minimum absolute atomic E-state index is 0.148. The van der Waals surface area contributed by atoms with E-state index in [2.05, 4.69) is 15.6 Å². The average molecular weight is 318 g/mol. The minimum Gasteiger partial charge on any atom is -0.382 e. The van der Waals surface area contributed by atoms with E-state index in [-0.39, 0.29) is 23.3 Å². The first-order chi connectivity index (χ1) is 9.08. The van der Waals surface area contributed by atoms with Crippen LogP contribution in [0, 0.1) is 0 Å². The molecule has 0 fully saturated rings. The number of aromatic nitrogens is 1. The first kappa shape index (κ1) is 16.9. The second-order valence-electron chi connectivity index (χ2n) is 5.72. The highest BCUT2D eigenvalue weighted by Gasteiger charge is 2.20. The Morgan fingerprint density at radius 1 is 1.50 bits per heavy atom. The Bertz CT molecular complexity index is 508. The van der Waals surface area contributed by atoms with Gasteiger partial charge in [0.2, 0.25) is 0 Å². The van der Waals surface area contributed by atoms with Gasteiger partial charge in [0, 0.05) is 34.4 Å². The Kier molecular flexibility index (Phi) is 5.52. The van der Waals surface area contributed by atoms with Gasteiger partial charge in [0.15, 0.2) is 5.13 Å². The van der Waals surface area contributed by atoms with E-state index in [1.165, 1.54) is 11.3 Å². The number of anilines is 2. The molecule has 6 nitrogen and oxygen atoms in total. The monoisotopic (exact) mass is 318 g/mol. The number of carbonyl (C=O) groups excluding carboxylic acids is 1. The van der Waals surface area contributed by atoms with Crippen LogP contribution in [0.15, 0.2) is 0 Å². The quantitative estimate of drug-likeness (QED) is 0.763. The minimum atomic E-state index is -0.953. The van der Waals surface area contributed by atoms with E-state index >= 15 is 0 Å². The van der Waals surface area contributed by atoms with E-state index in [1.54, 1.807) is 6.26 Å². The fourth-order valence-corrected chi connectivity index (χ4v) is 3.34. The first-order valence-electron chi connectivity index (χ1n) is 6.24. The molecule has 1 aromatic rings. The Morgan fingerprint density at radius 3 is 2.60 bits per heavy atom. The fraction of sp³-hybridized carbons (Fsp3) is 0.667. The van der Waals surface area contributed by atoms with E-state index in [1.807, 2.05) is 27.7 Å². The normalized spacial score (nSPS) is 14.7. The van der Waals surface area contributed by atoms with Crippen LogP contribution < -0.4 is 16.4 Å². The van der Waals surface area contributed by atoms with Crippen LogP contribution in [-0.4, -0.2) is 38.7 Å². The van der Waals surface area contributed by atoms with Crippen molar-refractivity contribution in [2.75, 3.05) is 23.1 Å². The van der Waals surface area contributed by atoms with E-state index < -0.39 is 10.8 Å². The second kappa shape index (κ2) is 6.53. The van der Waals surface area contributed by atoms with Crippen molar-refractivity contribution in [3.8, 4) is 0 Å². The summed E-state index contributed by atoms with van der Waals surface area (Å²) in [6.07, 6.45) is 1.61. The maximum Gasteiger partial charge on any atom is 0.265 e. The Labute approximate surface area is 126 Å². The molecule has 4 N–H and O–H groups in total. The molecule has 2 unspecified atom stereocenters. The molecule has 0 radical (unpaired) electrons. The van der Waals surface area contributed by atoms with Crippen molar-refractivity contribution < 1.29 is 9.00 Å². The molecule has 1 rings (SSSR count). The van der Waals surface area contributed by atoms with Gasteiger partial charge in [-0.3, -0.25) is 9.00 Å². The molecule has 0 aliphatic rings.